The third-order valence-electron chi connectivity index (χ3n) is 3.36. The molecule has 2 aromatic heterocycles. The number of rotatable bonds is 8. The van der Waals surface area contributed by atoms with Crippen LogP contribution in [0.3, 0.4) is 0 Å². The Morgan fingerprint density at radius 3 is 2.65 bits per heavy atom. The van der Waals surface area contributed by atoms with Gasteiger partial charge in [0, 0.05) is 19.7 Å². The topological polar surface area (TPSA) is 132 Å². The quantitative estimate of drug-likeness (QED) is 0.582. The second-order valence-electron chi connectivity index (χ2n) is 5.68. The summed E-state index contributed by atoms with van der Waals surface area (Å²) >= 11 is 0. The molecule has 2 heterocycles. The third-order valence-corrected chi connectivity index (χ3v) is 3.36. The predicted octanol–water partition coefficient (Wildman–Crippen LogP) is 0.605. The van der Waals surface area contributed by atoms with Gasteiger partial charge in [0.25, 0.3) is 5.91 Å². The third kappa shape index (κ3) is 5.35. The first kappa shape index (κ1) is 19.0. The van der Waals surface area contributed by atoms with Crippen LogP contribution in [0.5, 0.6) is 0 Å². The molecule has 10 heteroatoms. The molecule has 0 saturated carbocycles. The first-order valence-electron chi connectivity index (χ1n) is 8.01. The highest BCUT2D eigenvalue weighted by molar-refractivity contribution is 5.97. The van der Waals surface area contributed by atoms with E-state index in [4.69, 9.17) is 5.26 Å². The molecule has 0 aromatic carbocycles. The Bertz CT molecular complexity index is 783. The number of nitrogens with one attached hydrogen (secondary N) is 3. The molecule has 0 radical (unpaired) electrons. The summed E-state index contributed by atoms with van der Waals surface area (Å²) in [5.74, 6) is 0.508. The molecule has 0 saturated heterocycles. The van der Waals surface area contributed by atoms with Crippen LogP contribution in [0.25, 0.3) is 0 Å². The molecule has 136 valence electrons. The van der Waals surface area contributed by atoms with Crippen molar-refractivity contribution in [3.05, 3.63) is 29.8 Å². The van der Waals surface area contributed by atoms with Gasteiger partial charge < -0.3 is 20.9 Å². The van der Waals surface area contributed by atoms with Gasteiger partial charge >= 0.3 is 0 Å². The lowest BCUT2D eigenvalue weighted by molar-refractivity contribution is 0.0958. The maximum Gasteiger partial charge on any atom is 0.273 e. The van der Waals surface area contributed by atoms with Crippen molar-refractivity contribution < 1.29 is 4.79 Å². The normalized spacial score (nSPS) is 10.3. The fourth-order valence-corrected chi connectivity index (χ4v) is 2.07. The second-order valence-corrected chi connectivity index (χ2v) is 5.68. The molecule has 0 atom stereocenters. The van der Waals surface area contributed by atoms with E-state index in [1.807, 2.05) is 20.2 Å². The summed E-state index contributed by atoms with van der Waals surface area (Å²) in [5.41, 5.74) is 1.01. The maximum atomic E-state index is 12.0. The van der Waals surface area contributed by atoms with Crippen LogP contribution in [-0.2, 0) is 0 Å². The van der Waals surface area contributed by atoms with Gasteiger partial charge in [-0.1, -0.05) is 0 Å². The van der Waals surface area contributed by atoms with Gasteiger partial charge in [0.05, 0.1) is 18.1 Å². The second kappa shape index (κ2) is 9.24. The van der Waals surface area contributed by atoms with Crippen LogP contribution in [0.2, 0.25) is 0 Å². The summed E-state index contributed by atoms with van der Waals surface area (Å²) in [4.78, 5) is 22.1. The Morgan fingerprint density at radius 1 is 1.23 bits per heavy atom. The number of hydrogen-bond acceptors (Lipinski definition) is 9. The smallest absolute Gasteiger partial charge is 0.273 e. The fraction of sp³-hybridized carbons (Fsp3) is 0.375. The minimum Gasteiger partial charge on any atom is -0.383 e. The molecule has 26 heavy (non-hydrogen) atoms. The summed E-state index contributed by atoms with van der Waals surface area (Å²) in [6, 6.07) is 3.59. The Labute approximate surface area is 151 Å². The Kier molecular flexibility index (Phi) is 6.75. The first-order chi connectivity index (χ1) is 12.5. The summed E-state index contributed by atoms with van der Waals surface area (Å²) in [6.07, 6.45) is 3.69. The molecule has 2 aromatic rings. The Balaban J connectivity index is 2.15. The lowest BCUT2D eigenvalue weighted by atomic mass is 10.2. The van der Waals surface area contributed by atoms with E-state index in [1.54, 1.807) is 13.1 Å². The molecule has 0 aliphatic rings. The fourth-order valence-electron chi connectivity index (χ4n) is 2.07. The van der Waals surface area contributed by atoms with Gasteiger partial charge in [-0.15, -0.1) is 10.2 Å². The number of carbonyl (C=O) groups excluding carboxylic acids is 1. The lowest BCUT2D eigenvalue weighted by Gasteiger charge is -2.13. The number of nitrogens with zero attached hydrogens (tertiary/aromatic N) is 6. The number of carbonyl (C=O) groups is 1. The van der Waals surface area contributed by atoms with Crippen molar-refractivity contribution >= 4 is 23.2 Å². The van der Waals surface area contributed by atoms with Crippen LogP contribution < -0.4 is 16.0 Å². The molecule has 1 amide bonds. The average Bonchev–Trinajstić information content (AvgIpc) is 2.65. The van der Waals surface area contributed by atoms with E-state index < -0.39 is 0 Å². The molecule has 0 spiro atoms. The van der Waals surface area contributed by atoms with Crippen LogP contribution in [0, 0.1) is 11.3 Å². The van der Waals surface area contributed by atoms with Gasteiger partial charge in [-0.2, -0.15) is 5.26 Å². The standard InChI is InChI=1S/C16H21N9O/c1-18-16(26)15-12(19-5-4-6-25(2)3)7-13(23-24-15)22-14-10-20-11(8-17)9-21-14/h7,9-10H,4-6H2,1-3H3,(H,18,26)(H2,19,21,22,23). The first-order valence-corrected chi connectivity index (χ1v) is 8.01. The largest absolute Gasteiger partial charge is 0.383 e. The molecule has 0 aliphatic carbocycles. The molecular weight excluding hydrogens is 334 g/mol. The van der Waals surface area contributed by atoms with Gasteiger partial charge in [0.2, 0.25) is 0 Å². The number of hydrogen-bond donors (Lipinski definition) is 3. The molecule has 0 unspecified atom stereocenters. The zero-order chi connectivity index (χ0) is 18.9. The van der Waals surface area contributed by atoms with Crippen molar-refractivity contribution in [1.82, 2.24) is 30.4 Å². The van der Waals surface area contributed by atoms with E-state index in [0.29, 0.717) is 23.9 Å². The van der Waals surface area contributed by atoms with E-state index in [2.05, 4.69) is 41.0 Å². The molecule has 0 aliphatic heterocycles. The SMILES string of the molecule is CNC(=O)c1nnc(Nc2cnc(C#N)cn2)cc1NCCCN(C)C. The van der Waals surface area contributed by atoms with Gasteiger partial charge in [0.15, 0.2) is 17.2 Å². The van der Waals surface area contributed by atoms with Crippen molar-refractivity contribution in [2.24, 2.45) is 0 Å². The van der Waals surface area contributed by atoms with E-state index >= 15 is 0 Å². The summed E-state index contributed by atoms with van der Waals surface area (Å²) in [7, 11) is 5.55. The summed E-state index contributed by atoms with van der Waals surface area (Å²) in [5, 5.41) is 25.5. The molecule has 3 N–H and O–H groups in total. The molecule has 10 nitrogen and oxygen atoms in total. The predicted molar refractivity (Wildman–Crippen MR) is 97.1 cm³/mol. The maximum absolute atomic E-state index is 12.0. The van der Waals surface area contributed by atoms with Gasteiger partial charge in [0.1, 0.15) is 11.9 Å². The van der Waals surface area contributed by atoms with E-state index in [9.17, 15) is 4.79 Å². The van der Waals surface area contributed by atoms with Crippen LogP contribution in [0.4, 0.5) is 17.3 Å². The van der Waals surface area contributed by atoms with Gasteiger partial charge in [-0.25, -0.2) is 9.97 Å². The summed E-state index contributed by atoms with van der Waals surface area (Å²) in [6.45, 7) is 1.61. The van der Waals surface area contributed by atoms with Crippen molar-refractivity contribution in [2.75, 3.05) is 44.9 Å². The Morgan fingerprint density at radius 2 is 2.04 bits per heavy atom. The average molecular weight is 355 g/mol. The highest BCUT2D eigenvalue weighted by Gasteiger charge is 2.14. The molecule has 2 rings (SSSR count). The van der Waals surface area contributed by atoms with Crippen LogP contribution in [0.15, 0.2) is 18.5 Å². The van der Waals surface area contributed by atoms with E-state index in [-0.39, 0.29) is 17.3 Å². The zero-order valence-electron chi connectivity index (χ0n) is 14.9. The zero-order valence-corrected chi connectivity index (χ0v) is 14.9. The van der Waals surface area contributed by atoms with Gasteiger partial charge in [-0.05, 0) is 27.1 Å². The number of amides is 1. The van der Waals surface area contributed by atoms with Gasteiger partial charge in [-0.3, -0.25) is 4.79 Å². The van der Waals surface area contributed by atoms with Crippen LogP contribution in [0.1, 0.15) is 22.6 Å². The minimum atomic E-state index is -0.322. The monoisotopic (exact) mass is 355 g/mol. The number of nitriles is 1. The van der Waals surface area contributed by atoms with Crippen molar-refractivity contribution in [3.63, 3.8) is 0 Å². The number of aromatic nitrogens is 4. The highest BCUT2D eigenvalue weighted by atomic mass is 16.1. The van der Waals surface area contributed by atoms with Crippen molar-refractivity contribution in [2.45, 2.75) is 6.42 Å². The van der Waals surface area contributed by atoms with Crippen LogP contribution >= 0.6 is 0 Å². The van der Waals surface area contributed by atoms with E-state index in [0.717, 1.165) is 13.0 Å². The molecule has 0 fully saturated rings. The molecular formula is C16H21N9O. The minimum absolute atomic E-state index is 0.216. The summed E-state index contributed by atoms with van der Waals surface area (Å²) < 4.78 is 0. The van der Waals surface area contributed by atoms with Crippen molar-refractivity contribution in [3.8, 4) is 6.07 Å². The highest BCUT2D eigenvalue weighted by Crippen LogP contribution is 2.19. The van der Waals surface area contributed by atoms with E-state index in [1.165, 1.54) is 12.4 Å². The van der Waals surface area contributed by atoms with Crippen LogP contribution in [-0.4, -0.2) is 65.2 Å². The Hall–Kier alpha value is -3.32. The van der Waals surface area contributed by atoms with Crippen molar-refractivity contribution in [1.29, 1.82) is 5.26 Å². The number of anilines is 3. The lowest BCUT2D eigenvalue weighted by Crippen LogP contribution is -2.23. The molecule has 0 bridgehead atoms.